The third-order valence-electron chi connectivity index (χ3n) is 5.29. The van der Waals surface area contributed by atoms with Gasteiger partial charge in [0.25, 0.3) is 0 Å². The molecule has 0 aromatic heterocycles. The largest absolute Gasteiger partial charge is 0.361 e. The van der Waals surface area contributed by atoms with Gasteiger partial charge in [0.05, 0.1) is 0 Å². The molecule has 0 aliphatic carbocycles. The smallest absolute Gasteiger partial charge is 0.321 e. The Morgan fingerprint density at radius 1 is 1.00 bits per heavy atom. The normalized spacial score (nSPS) is 17.9. The number of piperidine rings is 1. The molecule has 4 rings (SSSR count). The van der Waals surface area contributed by atoms with Gasteiger partial charge in [0.2, 0.25) is 0 Å². The molecule has 2 aromatic carbocycles. The van der Waals surface area contributed by atoms with E-state index in [2.05, 4.69) is 23.1 Å². The summed E-state index contributed by atoms with van der Waals surface area (Å²) in [6.45, 7) is 3.35. The van der Waals surface area contributed by atoms with Crippen LogP contribution in [-0.2, 0) is 9.59 Å². The summed E-state index contributed by atoms with van der Waals surface area (Å²) < 4.78 is 2.76. The fourth-order valence-electron chi connectivity index (χ4n) is 3.89. The molecule has 2 aliphatic rings. The first-order valence-electron chi connectivity index (χ1n) is 9.76. The van der Waals surface area contributed by atoms with Crippen molar-refractivity contribution in [2.75, 3.05) is 26.2 Å². The van der Waals surface area contributed by atoms with Crippen molar-refractivity contribution < 1.29 is 9.59 Å². The fourth-order valence-corrected chi connectivity index (χ4v) is 6.24. The minimum Gasteiger partial charge on any atom is -0.361 e. The van der Waals surface area contributed by atoms with E-state index in [-0.39, 0.29) is 12.4 Å². The molecule has 0 radical (unpaired) electrons. The van der Waals surface area contributed by atoms with Crippen molar-refractivity contribution in [2.24, 2.45) is 5.73 Å². The number of nitrogens with zero attached hydrogens (tertiary/aromatic N) is 2. The van der Waals surface area contributed by atoms with Crippen molar-refractivity contribution in [3.05, 3.63) is 63.8 Å². The van der Waals surface area contributed by atoms with Crippen LogP contribution in [0.1, 0.15) is 24.8 Å². The van der Waals surface area contributed by atoms with Crippen LogP contribution in [0.15, 0.2) is 53.4 Å². The first-order valence-corrected chi connectivity index (χ1v) is 10.9. The number of benzene rings is 2. The Bertz CT molecular complexity index is 1030. The molecule has 1 fully saturated rings. The van der Waals surface area contributed by atoms with Gasteiger partial charge >= 0.3 is 11.8 Å². The summed E-state index contributed by atoms with van der Waals surface area (Å²) >= 11 is 0. The van der Waals surface area contributed by atoms with E-state index in [0.717, 1.165) is 39.8 Å². The van der Waals surface area contributed by atoms with E-state index in [1.54, 1.807) is 4.31 Å². The number of primary amides is 1. The maximum Gasteiger partial charge on any atom is 0.321 e. The average molecular weight is 432 g/mol. The lowest BCUT2D eigenvalue weighted by molar-refractivity contribution is -0.140. The van der Waals surface area contributed by atoms with Gasteiger partial charge < -0.3 is 10.6 Å². The van der Waals surface area contributed by atoms with Gasteiger partial charge in [-0.2, -0.15) is 0 Å². The Kier molecular flexibility index (Phi) is 7.11. The topological polar surface area (TPSA) is 66.6 Å². The van der Waals surface area contributed by atoms with Gasteiger partial charge in [-0.25, -0.2) is 0 Å². The third kappa shape index (κ3) is 4.55. The second kappa shape index (κ2) is 9.57. The van der Waals surface area contributed by atoms with Gasteiger partial charge in [-0.1, -0.05) is 53.5 Å². The molecule has 7 heteroatoms. The van der Waals surface area contributed by atoms with Crippen molar-refractivity contribution in [2.45, 2.75) is 24.2 Å². The number of fused-ring (bicyclic) bond motifs is 2. The first kappa shape index (κ1) is 21.6. The van der Waals surface area contributed by atoms with Crippen molar-refractivity contribution >= 4 is 41.0 Å². The highest BCUT2D eigenvalue weighted by Crippen LogP contribution is 2.38. The summed E-state index contributed by atoms with van der Waals surface area (Å²) in [4.78, 5) is 28.2. The highest BCUT2D eigenvalue weighted by atomic mass is 35.5. The highest BCUT2D eigenvalue weighted by Gasteiger charge is 2.26. The van der Waals surface area contributed by atoms with E-state index < -0.39 is 22.5 Å². The average Bonchev–Trinajstić information content (AvgIpc) is 2.73. The fraction of sp³-hybridized carbons (Fsp3) is 0.318. The molecule has 2 N–H and O–H groups in total. The molecule has 5 nitrogen and oxygen atoms in total. The van der Waals surface area contributed by atoms with Crippen molar-refractivity contribution in [3.8, 4) is 0 Å². The number of hydrogen-bond acceptors (Lipinski definition) is 3. The summed E-state index contributed by atoms with van der Waals surface area (Å²) in [7, 11) is -0.662. The molecule has 2 amide bonds. The Balaban J connectivity index is 0.00000240. The molecule has 154 valence electrons. The maximum atomic E-state index is 12.9. The van der Waals surface area contributed by atoms with Crippen LogP contribution in [0.5, 0.6) is 0 Å². The van der Waals surface area contributed by atoms with Crippen LogP contribution in [-0.4, -0.2) is 47.2 Å². The van der Waals surface area contributed by atoms with Crippen molar-refractivity contribution in [3.63, 3.8) is 0 Å². The van der Waals surface area contributed by atoms with E-state index >= 15 is 0 Å². The zero-order valence-corrected chi connectivity index (χ0v) is 17.9. The second-order valence-electron chi connectivity index (χ2n) is 7.18. The SMILES string of the molecule is Cl.NC(=O)C(=O)N(CCN1CCCCC1)S1=c2ccccc2=Cc2ccccc21. The molecule has 0 saturated carbocycles. The van der Waals surface area contributed by atoms with Gasteiger partial charge in [-0.05, 0) is 54.9 Å². The zero-order chi connectivity index (χ0) is 19.5. The molecule has 1 unspecified atom stereocenters. The van der Waals surface area contributed by atoms with Crippen LogP contribution in [0.25, 0.3) is 6.08 Å². The van der Waals surface area contributed by atoms with Crippen molar-refractivity contribution in [1.82, 2.24) is 9.21 Å². The van der Waals surface area contributed by atoms with Gasteiger partial charge in [-0.15, -0.1) is 12.4 Å². The molecular weight excluding hydrogens is 406 g/mol. The predicted octanol–water partition coefficient (Wildman–Crippen LogP) is 2.54. The van der Waals surface area contributed by atoms with Crippen LogP contribution in [0.3, 0.4) is 0 Å². The van der Waals surface area contributed by atoms with E-state index in [1.807, 2.05) is 36.4 Å². The van der Waals surface area contributed by atoms with Gasteiger partial charge in [0.1, 0.15) is 0 Å². The van der Waals surface area contributed by atoms with Gasteiger partial charge in [0, 0.05) is 22.5 Å². The molecule has 0 bridgehead atoms. The van der Waals surface area contributed by atoms with Crippen LogP contribution in [0.4, 0.5) is 0 Å². The number of nitrogens with two attached hydrogens (primary N) is 1. The first-order chi connectivity index (χ1) is 13.6. The molecule has 1 saturated heterocycles. The molecule has 2 heterocycles. The van der Waals surface area contributed by atoms with Crippen LogP contribution >= 0.6 is 23.1 Å². The van der Waals surface area contributed by atoms with Gasteiger partial charge in [-0.3, -0.25) is 13.9 Å². The van der Waals surface area contributed by atoms with Crippen LogP contribution < -0.4 is 11.0 Å². The standard InChI is InChI=1S/C22H25N3O2S.ClH/c23-21(26)22(27)25(15-14-24-12-6-1-7-13-24)28-19-10-4-2-8-17(19)16-18-9-3-5-11-20(18)28;/h2-5,8-11,16H,1,6-7,12-15H2,(H2,23,26);1H. The van der Waals surface area contributed by atoms with Crippen molar-refractivity contribution in [1.29, 1.82) is 0 Å². The summed E-state index contributed by atoms with van der Waals surface area (Å²) in [5, 5.41) is 1.09. The van der Waals surface area contributed by atoms with Gasteiger partial charge in [0.15, 0.2) is 0 Å². The van der Waals surface area contributed by atoms with Crippen LogP contribution in [0.2, 0.25) is 0 Å². The van der Waals surface area contributed by atoms with Crippen LogP contribution in [0, 0.1) is 4.51 Å². The van der Waals surface area contributed by atoms with E-state index in [1.165, 1.54) is 19.3 Å². The quantitative estimate of drug-likeness (QED) is 0.597. The summed E-state index contributed by atoms with van der Waals surface area (Å²) in [6, 6.07) is 16.2. The lowest BCUT2D eigenvalue weighted by Gasteiger charge is -2.32. The number of carbonyl (C=O) groups is 2. The predicted molar refractivity (Wildman–Crippen MR) is 119 cm³/mol. The molecule has 29 heavy (non-hydrogen) atoms. The lowest BCUT2D eigenvalue weighted by Crippen LogP contribution is -2.43. The molecular formula is C22H26ClN3O2S. The number of rotatable bonds is 4. The number of halogens is 1. The number of likely N-dealkylation sites (tertiary alicyclic amines) is 1. The molecule has 1 atom stereocenters. The van der Waals surface area contributed by atoms with E-state index in [4.69, 9.17) is 5.73 Å². The number of hydrogen-bond donors (Lipinski definition) is 1. The Morgan fingerprint density at radius 3 is 2.45 bits per heavy atom. The number of amides is 2. The Hall–Kier alpha value is -2.15. The van der Waals surface area contributed by atoms with E-state index in [9.17, 15) is 9.59 Å². The zero-order valence-electron chi connectivity index (χ0n) is 16.3. The Labute approximate surface area is 179 Å². The number of carbonyl (C=O) groups excluding carboxylic acids is 2. The second-order valence-corrected chi connectivity index (χ2v) is 9.07. The minimum absolute atomic E-state index is 0. The summed E-state index contributed by atoms with van der Waals surface area (Å²) in [5.74, 6) is -1.50. The molecule has 2 aromatic rings. The lowest BCUT2D eigenvalue weighted by atomic mass is 10.1. The summed E-state index contributed by atoms with van der Waals surface area (Å²) in [5.41, 5.74) is 6.53. The Morgan fingerprint density at radius 2 is 1.69 bits per heavy atom. The highest BCUT2D eigenvalue weighted by molar-refractivity contribution is 8.08. The third-order valence-corrected chi connectivity index (χ3v) is 7.66. The monoisotopic (exact) mass is 431 g/mol. The molecule has 2 aliphatic heterocycles. The van der Waals surface area contributed by atoms with E-state index in [0.29, 0.717) is 6.54 Å². The maximum absolute atomic E-state index is 12.9. The summed E-state index contributed by atoms with van der Waals surface area (Å²) in [6.07, 6.45) is 5.79. The minimum atomic E-state index is -0.893. The molecule has 0 spiro atoms.